The number of hydrogen-bond acceptors (Lipinski definition) is 2. The third-order valence-corrected chi connectivity index (χ3v) is 4.10. The minimum atomic E-state index is -0.300. The molecular weight excluding hydrogens is 308 g/mol. The van der Waals surface area contributed by atoms with Gasteiger partial charge >= 0.3 is 5.97 Å². The number of aryl methyl sites for hydroxylation is 2. The zero-order valence-electron chi connectivity index (χ0n) is 15.7. The third-order valence-electron chi connectivity index (χ3n) is 4.10. The Morgan fingerprint density at radius 2 is 1.84 bits per heavy atom. The minimum Gasteiger partial charge on any atom is -0.463 e. The minimum absolute atomic E-state index is 0.300. The number of fused-ring (bicyclic) bond motifs is 1. The summed E-state index contributed by atoms with van der Waals surface area (Å²) in [4.78, 5) is 11.4. The van der Waals surface area contributed by atoms with Gasteiger partial charge in [-0.1, -0.05) is 48.1 Å². The predicted octanol–water partition coefficient (Wildman–Crippen LogP) is 5.93. The first-order valence-corrected chi connectivity index (χ1v) is 8.62. The summed E-state index contributed by atoms with van der Waals surface area (Å²) in [5.41, 5.74) is 5.84. The molecule has 0 atom stereocenters. The van der Waals surface area contributed by atoms with Crippen molar-refractivity contribution in [2.45, 2.75) is 34.6 Å². The lowest BCUT2D eigenvalue weighted by Gasteiger charge is -2.09. The Balaban J connectivity index is 2.24. The van der Waals surface area contributed by atoms with Gasteiger partial charge in [-0.25, -0.2) is 4.79 Å². The van der Waals surface area contributed by atoms with Crippen LogP contribution >= 0.6 is 0 Å². The maximum atomic E-state index is 11.4. The summed E-state index contributed by atoms with van der Waals surface area (Å²) < 4.78 is 4.91. The van der Waals surface area contributed by atoms with Crippen molar-refractivity contribution in [3.63, 3.8) is 0 Å². The summed E-state index contributed by atoms with van der Waals surface area (Å²) >= 11 is 0. The summed E-state index contributed by atoms with van der Waals surface area (Å²) in [6, 6.07) is 11.0. The van der Waals surface area contributed by atoms with Crippen LogP contribution in [0, 0.1) is 13.8 Å². The molecule has 0 spiro atoms. The number of allylic oxidation sites excluding steroid dienone is 5. The van der Waals surface area contributed by atoms with Crippen LogP contribution in [0.2, 0.25) is 0 Å². The molecule has 0 fully saturated rings. The summed E-state index contributed by atoms with van der Waals surface area (Å²) in [6.07, 6.45) is 7.47. The van der Waals surface area contributed by atoms with E-state index in [2.05, 4.69) is 57.2 Å². The van der Waals surface area contributed by atoms with Crippen molar-refractivity contribution < 1.29 is 9.53 Å². The first kappa shape index (κ1) is 18.7. The molecule has 0 N–H and O–H groups in total. The molecule has 0 aliphatic heterocycles. The lowest BCUT2D eigenvalue weighted by molar-refractivity contribution is -0.137. The molecule has 0 aliphatic carbocycles. The first-order valence-electron chi connectivity index (χ1n) is 8.62. The van der Waals surface area contributed by atoms with Crippen LogP contribution in [0.5, 0.6) is 0 Å². The second-order valence-corrected chi connectivity index (χ2v) is 6.37. The molecule has 0 radical (unpaired) electrons. The second kappa shape index (κ2) is 8.48. The highest BCUT2D eigenvalue weighted by atomic mass is 16.5. The smallest absolute Gasteiger partial charge is 0.330 e. The Morgan fingerprint density at radius 3 is 2.56 bits per heavy atom. The van der Waals surface area contributed by atoms with E-state index in [0.29, 0.717) is 6.61 Å². The van der Waals surface area contributed by atoms with Crippen LogP contribution < -0.4 is 0 Å². The Kier molecular flexibility index (Phi) is 6.35. The average molecular weight is 334 g/mol. The highest BCUT2D eigenvalue weighted by Gasteiger charge is 2.03. The lowest BCUT2D eigenvalue weighted by atomic mass is 9.96. The van der Waals surface area contributed by atoms with Gasteiger partial charge in [0.1, 0.15) is 0 Å². The number of carbonyl (C=O) groups excluding carboxylic acids is 1. The molecule has 2 nitrogen and oxygen atoms in total. The lowest BCUT2D eigenvalue weighted by Crippen LogP contribution is -1.99. The van der Waals surface area contributed by atoms with Gasteiger partial charge in [0.25, 0.3) is 0 Å². The zero-order chi connectivity index (χ0) is 18.4. The molecule has 0 aromatic heterocycles. The molecule has 0 aliphatic rings. The summed E-state index contributed by atoms with van der Waals surface area (Å²) in [5.74, 6) is -0.300. The number of esters is 1. The molecule has 25 heavy (non-hydrogen) atoms. The Bertz CT molecular complexity index is 867. The van der Waals surface area contributed by atoms with Crippen molar-refractivity contribution in [1.29, 1.82) is 0 Å². The zero-order valence-corrected chi connectivity index (χ0v) is 15.7. The fourth-order valence-corrected chi connectivity index (χ4v) is 2.81. The summed E-state index contributed by atoms with van der Waals surface area (Å²) in [6.45, 7) is 10.5. The van der Waals surface area contributed by atoms with Gasteiger partial charge in [-0.2, -0.15) is 0 Å². The van der Waals surface area contributed by atoms with E-state index in [-0.39, 0.29) is 5.97 Å². The van der Waals surface area contributed by atoms with Gasteiger partial charge in [-0.15, -0.1) is 0 Å². The van der Waals surface area contributed by atoms with E-state index >= 15 is 0 Å². The standard InChI is InChI=1S/C23H26O2/c1-6-25-23(24)13-16(2)8-7-9-18(4)22-15-21-12-17(3)10-11-20(21)14-19(22)5/h7-15H,6H2,1-5H3/b8-7+,16-13+,18-9-. The molecule has 0 saturated carbocycles. The largest absolute Gasteiger partial charge is 0.463 e. The van der Waals surface area contributed by atoms with Crippen molar-refractivity contribution in [2.75, 3.05) is 6.61 Å². The van der Waals surface area contributed by atoms with E-state index in [1.165, 1.54) is 39.1 Å². The van der Waals surface area contributed by atoms with Gasteiger partial charge in [0, 0.05) is 6.08 Å². The van der Waals surface area contributed by atoms with Crippen LogP contribution in [0.4, 0.5) is 0 Å². The van der Waals surface area contributed by atoms with Crippen LogP contribution in [0.25, 0.3) is 16.3 Å². The van der Waals surface area contributed by atoms with Gasteiger partial charge in [-0.05, 0) is 73.7 Å². The Labute approximate surface area is 150 Å². The Hall–Kier alpha value is -2.61. The van der Waals surface area contributed by atoms with Crippen LogP contribution in [-0.2, 0) is 9.53 Å². The topological polar surface area (TPSA) is 26.3 Å². The molecule has 0 saturated heterocycles. The van der Waals surface area contributed by atoms with E-state index in [1.807, 2.05) is 19.1 Å². The summed E-state index contributed by atoms with van der Waals surface area (Å²) in [7, 11) is 0. The monoisotopic (exact) mass is 334 g/mol. The fraction of sp³-hybridized carbons (Fsp3) is 0.261. The average Bonchev–Trinajstić information content (AvgIpc) is 2.54. The number of hydrogen-bond donors (Lipinski definition) is 0. The molecule has 2 aromatic carbocycles. The first-order chi connectivity index (χ1) is 11.9. The van der Waals surface area contributed by atoms with E-state index in [1.54, 1.807) is 6.92 Å². The third kappa shape index (κ3) is 5.18. The Morgan fingerprint density at radius 1 is 1.08 bits per heavy atom. The van der Waals surface area contributed by atoms with E-state index in [0.717, 1.165) is 5.57 Å². The number of ether oxygens (including phenoxy) is 1. The van der Waals surface area contributed by atoms with E-state index in [4.69, 9.17) is 4.74 Å². The number of benzene rings is 2. The quantitative estimate of drug-likeness (QED) is 0.385. The highest BCUT2D eigenvalue weighted by molar-refractivity contribution is 5.88. The molecule has 130 valence electrons. The number of carbonyl (C=O) groups is 1. The SMILES string of the molecule is CCOC(=O)/C=C(C)/C=C/C=C(/C)c1cc2cc(C)ccc2cc1C. The molecule has 2 aromatic rings. The molecule has 0 unspecified atom stereocenters. The van der Waals surface area contributed by atoms with Crippen molar-refractivity contribution >= 4 is 22.3 Å². The normalized spacial score (nSPS) is 12.8. The van der Waals surface area contributed by atoms with Gasteiger partial charge < -0.3 is 4.74 Å². The van der Waals surface area contributed by atoms with Crippen molar-refractivity contribution in [3.05, 3.63) is 76.9 Å². The second-order valence-electron chi connectivity index (χ2n) is 6.37. The van der Waals surface area contributed by atoms with Gasteiger partial charge in [0.15, 0.2) is 0 Å². The number of rotatable bonds is 5. The molecule has 2 rings (SSSR count). The van der Waals surface area contributed by atoms with Crippen molar-refractivity contribution in [3.8, 4) is 0 Å². The van der Waals surface area contributed by atoms with Crippen LogP contribution in [0.3, 0.4) is 0 Å². The van der Waals surface area contributed by atoms with Crippen molar-refractivity contribution in [2.24, 2.45) is 0 Å². The molecular formula is C23H26O2. The predicted molar refractivity (Wildman–Crippen MR) is 107 cm³/mol. The molecule has 0 amide bonds. The molecule has 2 heteroatoms. The molecule has 0 heterocycles. The van der Waals surface area contributed by atoms with Crippen molar-refractivity contribution in [1.82, 2.24) is 0 Å². The van der Waals surface area contributed by atoms with Crippen LogP contribution in [0.1, 0.15) is 37.5 Å². The van der Waals surface area contributed by atoms with Gasteiger partial charge in [-0.3, -0.25) is 0 Å². The van der Waals surface area contributed by atoms with Gasteiger partial charge in [0.2, 0.25) is 0 Å². The van der Waals surface area contributed by atoms with Crippen LogP contribution in [-0.4, -0.2) is 12.6 Å². The van der Waals surface area contributed by atoms with Gasteiger partial charge in [0.05, 0.1) is 6.61 Å². The summed E-state index contributed by atoms with van der Waals surface area (Å²) in [5, 5.41) is 2.53. The van der Waals surface area contributed by atoms with Crippen LogP contribution in [0.15, 0.2) is 60.2 Å². The molecule has 0 bridgehead atoms. The fourth-order valence-electron chi connectivity index (χ4n) is 2.81. The van der Waals surface area contributed by atoms with E-state index in [9.17, 15) is 4.79 Å². The maximum Gasteiger partial charge on any atom is 0.330 e. The maximum absolute atomic E-state index is 11.4. The highest BCUT2D eigenvalue weighted by Crippen LogP contribution is 2.26. The van der Waals surface area contributed by atoms with E-state index < -0.39 is 0 Å².